The first kappa shape index (κ1) is 20.5. The summed E-state index contributed by atoms with van der Waals surface area (Å²) in [6, 6.07) is 6.46. The number of halogens is 2. The van der Waals surface area contributed by atoms with Crippen LogP contribution in [0.2, 0.25) is 0 Å². The van der Waals surface area contributed by atoms with Gasteiger partial charge in [-0.1, -0.05) is 13.8 Å². The molecule has 0 saturated heterocycles. The molecule has 2 unspecified atom stereocenters. The van der Waals surface area contributed by atoms with Gasteiger partial charge in [0.25, 0.3) is 6.43 Å². The fourth-order valence-electron chi connectivity index (χ4n) is 4.71. The summed E-state index contributed by atoms with van der Waals surface area (Å²) in [5.41, 5.74) is 11.8. The number of fused-ring (bicyclic) bond motifs is 3. The lowest BCUT2D eigenvalue weighted by Crippen LogP contribution is -2.11. The zero-order valence-electron chi connectivity index (χ0n) is 18.1. The first-order chi connectivity index (χ1) is 14.2. The number of benzene rings is 2. The van der Waals surface area contributed by atoms with Crippen LogP contribution in [0.4, 0.5) is 20.3 Å². The van der Waals surface area contributed by atoms with E-state index in [1.165, 1.54) is 28.8 Å². The van der Waals surface area contributed by atoms with Gasteiger partial charge in [0.1, 0.15) is 11.6 Å². The fourth-order valence-corrected chi connectivity index (χ4v) is 4.71. The summed E-state index contributed by atoms with van der Waals surface area (Å²) >= 11 is 0. The number of aryl methyl sites for hydroxylation is 2. The number of anilines is 2. The van der Waals surface area contributed by atoms with Gasteiger partial charge in [-0.3, -0.25) is 0 Å². The maximum Gasteiger partial charge on any atom is 0.263 e. The Morgan fingerprint density at radius 3 is 2.47 bits per heavy atom. The van der Waals surface area contributed by atoms with Gasteiger partial charge in [0.2, 0.25) is 0 Å². The van der Waals surface area contributed by atoms with Gasteiger partial charge in [-0.15, -0.1) is 0 Å². The Hall–Kier alpha value is -2.76. The number of alkyl halides is 2. The van der Waals surface area contributed by atoms with Gasteiger partial charge in [0.15, 0.2) is 0 Å². The summed E-state index contributed by atoms with van der Waals surface area (Å²) in [6.07, 6.45) is -1.55. The van der Waals surface area contributed by atoms with Crippen molar-refractivity contribution in [1.82, 2.24) is 9.97 Å². The third kappa shape index (κ3) is 3.48. The summed E-state index contributed by atoms with van der Waals surface area (Å²) in [5, 5.41) is 4.40. The van der Waals surface area contributed by atoms with E-state index in [1.807, 2.05) is 13.8 Å². The molecule has 0 saturated carbocycles. The fraction of sp³-hybridized carbons (Fsp3) is 0.417. The number of nitrogens with zero attached hydrogens (tertiary/aromatic N) is 2. The normalized spacial score (nSPS) is 19.3. The zero-order valence-corrected chi connectivity index (χ0v) is 18.1. The van der Waals surface area contributed by atoms with Crippen LogP contribution in [0, 0.1) is 19.8 Å². The second kappa shape index (κ2) is 7.49. The van der Waals surface area contributed by atoms with Gasteiger partial charge in [-0.05, 0) is 85.5 Å². The summed E-state index contributed by atoms with van der Waals surface area (Å²) in [4.78, 5) is 9.43. The Balaban J connectivity index is 1.79. The van der Waals surface area contributed by atoms with Crippen LogP contribution in [0.25, 0.3) is 10.9 Å². The largest absolute Gasteiger partial charge is 0.399 e. The van der Waals surface area contributed by atoms with Crippen LogP contribution >= 0.6 is 0 Å². The van der Waals surface area contributed by atoms with E-state index in [1.54, 1.807) is 6.07 Å². The van der Waals surface area contributed by atoms with Gasteiger partial charge in [0.05, 0.1) is 11.6 Å². The van der Waals surface area contributed by atoms with Gasteiger partial charge in [0, 0.05) is 16.6 Å². The molecule has 6 heteroatoms. The van der Waals surface area contributed by atoms with Gasteiger partial charge >= 0.3 is 0 Å². The van der Waals surface area contributed by atoms with Crippen molar-refractivity contribution in [2.75, 3.05) is 11.1 Å². The minimum atomic E-state index is -2.56. The lowest BCUT2D eigenvalue weighted by Gasteiger charge is -2.20. The minimum absolute atomic E-state index is 0.0704. The molecule has 4 rings (SSSR count). The van der Waals surface area contributed by atoms with Crippen molar-refractivity contribution in [3.8, 4) is 0 Å². The molecule has 30 heavy (non-hydrogen) atoms. The van der Waals surface area contributed by atoms with Crippen LogP contribution in [0.5, 0.6) is 0 Å². The minimum Gasteiger partial charge on any atom is -0.399 e. The summed E-state index contributed by atoms with van der Waals surface area (Å²) in [5.74, 6) is 2.51. The predicted octanol–water partition coefficient (Wildman–Crippen LogP) is 6.24. The van der Waals surface area contributed by atoms with Crippen molar-refractivity contribution in [2.24, 2.45) is 5.92 Å². The number of nitrogens with two attached hydrogens (primary N) is 1. The number of nitrogen functional groups attached to an aromatic ring is 1. The molecule has 0 amide bonds. The summed E-state index contributed by atoms with van der Waals surface area (Å²) in [6.45, 7) is 10.5. The molecule has 0 bridgehead atoms. The Morgan fingerprint density at radius 1 is 1.07 bits per heavy atom. The Morgan fingerprint density at radius 2 is 1.77 bits per heavy atom. The average molecular weight is 411 g/mol. The second-order valence-corrected chi connectivity index (χ2v) is 8.67. The zero-order chi connectivity index (χ0) is 21.7. The standard InChI is InChI=1S/C24H28F2N4/c1-11-6-19-21(13(11)3)12(2)7-20-22(19)29-15(5)30-24(20)28-14(4)16-8-17(23(25)26)10-18(27)9-16/h7-11,13-14,23H,6,27H2,1-5H3,(H,28,29,30)/t11?,13?,14-/m1/s1. The molecule has 1 aromatic heterocycles. The van der Waals surface area contributed by atoms with Crippen molar-refractivity contribution in [3.05, 3.63) is 57.9 Å². The second-order valence-electron chi connectivity index (χ2n) is 8.67. The maximum absolute atomic E-state index is 13.2. The number of rotatable bonds is 4. The van der Waals surface area contributed by atoms with Crippen LogP contribution in [0.3, 0.4) is 0 Å². The number of aromatic nitrogens is 2. The molecule has 1 heterocycles. The van der Waals surface area contributed by atoms with E-state index >= 15 is 0 Å². The molecule has 2 aromatic carbocycles. The Bertz CT molecular complexity index is 1130. The average Bonchev–Trinajstić information content (AvgIpc) is 2.98. The molecular formula is C24H28F2N4. The van der Waals surface area contributed by atoms with Crippen molar-refractivity contribution < 1.29 is 8.78 Å². The lowest BCUT2D eigenvalue weighted by atomic mass is 9.92. The molecule has 3 aromatic rings. The van der Waals surface area contributed by atoms with E-state index in [0.29, 0.717) is 28.9 Å². The highest BCUT2D eigenvalue weighted by molar-refractivity contribution is 5.93. The van der Waals surface area contributed by atoms with Crippen LogP contribution in [0.15, 0.2) is 24.3 Å². The molecule has 3 N–H and O–H groups in total. The maximum atomic E-state index is 13.2. The first-order valence-electron chi connectivity index (χ1n) is 10.4. The highest BCUT2D eigenvalue weighted by Crippen LogP contribution is 2.43. The summed E-state index contributed by atoms with van der Waals surface area (Å²) in [7, 11) is 0. The van der Waals surface area contributed by atoms with Gasteiger partial charge in [-0.25, -0.2) is 18.7 Å². The van der Waals surface area contributed by atoms with Crippen LogP contribution in [-0.2, 0) is 6.42 Å². The number of hydrogen-bond acceptors (Lipinski definition) is 4. The first-order valence-corrected chi connectivity index (χ1v) is 10.4. The lowest BCUT2D eigenvalue weighted by molar-refractivity contribution is 0.151. The third-order valence-electron chi connectivity index (χ3n) is 6.39. The molecule has 4 nitrogen and oxygen atoms in total. The highest BCUT2D eigenvalue weighted by atomic mass is 19.3. The molecule has 0 radical (unpaired) electrons. The van der Waals surface area contributed by atoms with E-state index in [9.17, 15) is 8.78 Å². The molecular weight excluding hydrogens is 382 g/mol. The van der Waals surface area contributed by atoms with Crippen LogP contribution in [-0.4, -0.2) is 9.97 Å². The quantitative estimate of drug-likeness (QED) is 0.500. The predicted molar refractivity (Wildman–Crippen MR) is 118 cm³/mol. The van der Waals surface area contributed by atoms with Crippen molar-refractivity contribution >= 4 is 22.4 Å². The van der Waals surface area contributed by atoms with Crippen molar-refractivity contribution in [3.63, 3.8) is 0 Å². The van der Waals surface area contributed by atoms with E-state index in [-0.39, 0.29) is 11.6 Å². The monoisotopic (exact) mass is 410 g/mol. The summed E-state index contributed by atoms with van der Waals surface area (Å²) < 4.78 is 26.4. The van der Waals surface area contributed by atoms with E-state index < -0.39 is 6.43 Å². The van der Waals surface area contributed by atoms with E-state index in [2.05, 4.69) is 37.1 Å². The molecule has 0 fully saturated rings. The number of hydrogen-bond donors (Lipinski definition) is 2. The van der Waals surface area contributed by atoms with Crippen molar-refractivity contribution in [2.45, 2.75) is 59.4 Å². The number of nitrogens with one attached hydrogen (secondary N) is 1. The van der Waals surface area contributed by atoms with Crippen molar-refractivity contribution in [1.29, 1.82) is 0 Å². The van der Waals surface area contributed by atoms with Gasteiger partial charge < -0.3 is 11.1 Å². The molecule has 0 aliphatic heterocycles. The molecule has 1 aliphatic rings. The van der Waals surface area contributed by atoms with Crippen LogP contribution in [0.1, 0.15) is 72.8 Å². The van der Waals surface area contributed by atoms with Gasteiger partial charge in [-0.2, -0.15) is 0 Å². The Labute approximate surface area is 175 Å². The highest BCUT2D eigenvalue weighted by Gasteiger charge is 2.30. The topological polar surface area (TPSA) is 63.8 Å². The third-order valence-corrected chi connectivity index (χ3v) is 6.39. The van der Waals surface area contributed by atoms with E-state index in [0.717, 1.165) is 23.1 Å². The molecule has 0 spiro atoms. The molecule has 1 aliphatic carbocycles. The molecule has 3 atom stereocenters. The van der Waals surface area contributed by atoms with E-state index in [4.69, 9.17) is 10.7 Å². The smallest absolute Gasteiger partial charge is 0.263 e. The Kier molecular flexibility index (Phi) is 5.12. The van der Waals surface area contributed by atoms with Crippen LogP contribution < -0.4 is 11.1 Å². The molecule has 158 valence electrons. The SMILES string of the molecule is Cc1nc(N[C@H](C)c2cc(N)cc(C(F)F)c2)c2cc(C)c3c(c2n1)CC(C)C3C.